The van der Waals surface area contributed by atoms with Crippen LogP contribution in [0.1, 0.15) is 31.2 Å². The highest BCUT2D eigenvalue weighted by molar-refractivity contribution is 9.10. The summed E-state index contributed by atoms with van der Waals surface area (Å²) in [5, 5.41) is -0.169. The van der Waals surface area contributed by atoms with Crippen molar-refractivity contribution in [1.82, 2.24) is 0 Å². The molecule has 2 N–H and O–H groups in total. The van der Waals surface area contributed by atoms with Crippen LogP contribution in [0.2, 0.25) is 0 Å². The molecular weight excluding hydrogens is 302 g/mol. The summed E-state index contributed by atoms with van der Waals surface area (Å²) in [6.45, 7) is 0. The SMILES string of the molecule is NC1(c2ccc(S(=O)(=O)C3CC3)c(Br)c2)CC1. The molecule has 92 valence electrons. The fourth-order valence-corrected chi connectivity index (χ4v) is 4.78. The molecule has 2 aliphatic rings. The number of hydrogen-bond acceptors (Lipinski definition) is 3. The standard InChI is InChI=1S/C12H14BrNO2S/c13-10-7-8(12(14)5-6-12)1-4-11(10)17(15,16)9-2-3-9/h1,4,7,9H,2-3,5-6,14H2. The van der Waals surface area contributed by atoms with Crippen LogP contribution in [0.4, 0.5) is 0 Å². The van der Waals surface area contributed by atoms with Crippen molar-refractivity contribution >= 4 is 25.8 Å². The lowest BCUT2D eigenvalue weighted by Gasteiger charge is -2.12. The molecule has 3 rings (SSSR count). The van der Waals surface area contributed by atoms with Gasteiger partial charge in [-0.25, -0.2) is 8.42 Å². The zero-order valence-corrected chi connectivity index (χ0v) is 11.7. The third-order valence-electron chi connectivity index (χ3n) is 3.57. The minimum absolute atomic E-state index is 0.169. The molecule has 1 aromatic rings. The number of nitrogens with two attached hydrogens (primary N) is 1. The average Bonchev–Trinajstić information content (AvgIpc) is 3.11. The number of benzene rings is 1. The summed E-state index contributed by atoms with van der Waals surface area (Å²) in [6, 6.07) is 5.41. The molecule has 0 atom stereocenters. The van der Waals surface area contributed by atoms with E-state index in [4.69, 9.17) is 5.73 Å². The maximum absolute atomic E-state index is 12.1. The van der Waals surface area contributed by atoms with E-state index in [0.717, 1.165) is 31.2 Å². The van der Waals surface area contributed by atoms with Gasteiger partial charge in [-0.3, -0.25) is 0 Å². The van der Waals surface area contributed by atoms with E-state index in [1.165, 1.54) is 0 Å². The van der Waals surface area contributed by atoms with E-state index < -0.39 is 9.84 Å². The van der Waals surface area contributed by atoms with Crippen molar-refractivity contribution in [3.05, 3.63) is 28.2 Å². The van der Waals surface area contributed by atoms with E-state index in [1.54, 1.807) is 6.07 Å². The van der Waals surface area contributed by atoms with Crippen LogP contribution in [0, 0.1) is 0 Å². The van der Waals surface area contributed by atoms with Gasteiger partial charge >= 0.3 is 0 Å². The van der Waals surface area contributed by atoms with E-state index in [0.29, 0.717) is 9.37 Å². The Hall–Kier alpha value is -0.390. The summed E-state index contributed by atoms with van der Waals surface area (Å²) < 4.78 is 24.9. The number of rotatable bonds is 3. The zero-order chi connectivity index (χ0) is 12.3. The molecule has 17 heavy (non-hydrogen) atoms. The molecule has 0 saturated heterocycles. The van der Waals surface area contributed by atoms with Crippen molar-refractivity contribution in [2.45, 2.75) is 41.4 Å². The third-order valence-corrected chi connectivity index (χ3v) is 6.80. The zero-order valence-electron chi connectivity index (χ0n) is 9.32. The van der Waals surface area contributed by atoms with Crippen LogP contribution in [-0.2, 0) is 15.4 Å². The van der Waals surface area contributed by atoms with Crippen molar-refractivity contribution in [2.24, 2.45) is 5.73 Å². The highest BCUT2D eigenvalue weighted by atomic mass is 79.9. The van der Waals surface area contributed by atoms with Crippen LogP contribution in [0.3, 0.4) is 0 Å². The first-order valence-electron chi connectivity index (χ1n) is 5.76. The third kappa shape index (κ3) is 1.94. The molecule has 0 unspecified atom stereocenters. The second-order valence-corrected chi connectivity index (χ2v) is 8.10. The van der Waals surface area contributed by atoms with Gasteiger partial charge in [-0.1, -0.05) is 6.07 Å². The molecule has 2 aliphatic carbocycles. The predicted octanol–water partition coefficient (Wildman–Crippen LogP) is 2.33. The molecule has 0 amide bonds. The number of sulfone groups is 1. The first-order chi connectivity index (χ1) is 7.93. The minimum atomic E-state index is -3.13. The molecule has 0 spiro atoms. The summed E-state index contributed by atoms with van der Waals surface area (Å²) >= 11 is 3.36. The largest absolute Gasteiger partial charge is 0.321 e. The molecule has 5 heteroatoms. The lowest BCUT2D eigenvalue weighted by molar-refractivity contribution is 0.594. The van der Waals surface area contributed by atoms with Crippen molar-refractivity contribution in [3.8, 4) is 0 Å². The van der Waals surface area contributed by atoms with Gasteiger partial charge < -0.3 is 5.73 Å². The number of hydrogen-bond donors (Lipinski definition) is 1. The average molecular weight is 316 g/mol. The van der Waals surface area contributed by atoms with Gasteiger partial charge in [-0.15, -0.1) is 0 Å². The smallest absolute Gasteiger partial charge is 0.182 e. The Balaban J connectivity index is 2.02. The second kappa shape index (κ2) is 3.56. The highest BCUT2D eigenvalue weighted by Crippen LogP contribution is 2.45. The summed E-state index contributed by atoms with van der Waals surface area (Å²) in [7, 11) is -3.13. The van der Waals surface area contributed by atoms with Gasteiger partial charge in [0.25, 0.3) is 0 Å². The summed E-state index contributed by atoms with van der Waals surface area (Å²) in [4.78, 5) is 0.410. The highest BCUT2D eigenvalue weighted by Gasteiger charge is 2.41. The molecular formula is C12H14BrNO2S. The molecule has 0 aliphatic heterocycles. The Labute approximate surface area is 109 Å². The summed E-state index contributed by atoms with van der Waals surface area (Å²) in [5.74, 6) is 0. The normalized spacial score (nSPS) is 22.5. The Bertz CT molecular complexity index is 574. The lowest BCUT2D eigenvalue weighted by Crippen LogP contribution is -2.19. The van der Waals surface area contributed by atoms with Crippen LogP contribution in [0.5, 0.6) is 0 Å². The Kier molecular flexibility index (Phi) is 2.44. The van der Waals surface area contributed by atoms with Gasteiger partial charge in [0.1, 0.15) is 0 Å². The van der Waals surface area contributed by atoms with Crippen LogP contribution in [-0.4, -0.2) is 13.7 Å². The van der Waals surface area contributed by atoms with E-state index in [1.807, 2.05) is 12.1 Å². The molecule has 2 saturated carbocycles. The molecule has 1 aromatic carbocycles. The van der Waals surface area contributed by atoms with Crippen LogP contribution >= 0.6 is 15.9 Å². The van der Waals surface area contributed by atoms with Crippen molar-refractivity contribution in [3.63, 3.8) is 0 Å². The van der Waals surface area contributed by atoms with Gasteiger partial charge in [-0.05, 0) is 59.3 Å². The number of halogens is 1. The quantitative estimate of drug-likeness (QED) is 0.931. The molecule has 3 nitrogen and oxygen atoms in total. The van der Waals surface area contributed by atoms with Gasteiger partial charge in [0.2, 0.25) is 0 Å². The van der Waals surface area contributed by atoms with E-state index >= 15 is 0 Å². The second-order valence-electron chi connectivity index (χ2n) is 5.05. The first-order valence-corrected chi connectivity index (χ1v) is 8.10. The fourth-order valence-electron chi connectivity index (χ4n) is 2.02. The van der Waals surface area contributed by atoms with Gasteiger partial charge in [0.05, 0.1) is 10.1 Å². The lowest BCUT2D eigenvalue weighted by atomic mass is 10.1. The topological polar surface area (TPSA) is 60.2 Å². The Morgan fingerprint density at radius 1 is 1.29 bits per heavy atom. The summed E-state index contributed by atoms with van der Waals surface area (Å²) in [6.07, 6.45) is 3.54. The van der Waals surface area contributed by atoms with Crippen LogP contribution in [0.25, 0.3) is 0 Å². The molecule has 0 bridgehead atoms. The van der Waals surface area contributed by atoms with Crippen molar-refractivity contribution in [1.29, 1.82) is 0 Å². The van der Waals surface area contributed by atoms with Gasteiger partial charge in [-0.2, -0.15) is 0 Å². The first kappa shape index (κ1) is 11.7. The van der Waals surface area contributed by atoms with Crippen molar-refractivity contribution < 1.29 is 8.42 Å². The van der Waals surface area contributed by atoms with E-state index in [-0.39, 0.29) is 10.8 Å². The monoisotopic (exact) mass is 315 g/mol. The molecule has 0 aromatic heterocycles. The predicted molar refractivity (Wildman–Crippen MR) is 69.4 cm³/mol. The van der Waals surface area contributed by atoms with Gasteiger partial charge in [0, 0.05) is 10.0 Å². The van der Waals surface area contributed by atoms with Crippen LogP contribution < -0.4 is 5.73 Å². The maximum Gasteiger partial charge on any atom is 0.182 e. The Morgan fingerprint density at radius 3 is 2.41 bits per heavy atom. The Morgan fingerprint density at radius 2 is 1.94 bits per heavy atom. The van der Waals surface area contributed by atoms with Crippen molar-refractivity contribution in [2.75, 3.05) is 0 Å². The van der Waals surface area contributed by atoms with E-state index in [9.17, 15) is 8.42 Å². The minimum Gasteiger partial charge on any atom is -0.321 e. The molecule has 0 heterocycles. The van der Waals surface area contributed by atoms with E-state index in [2.05, 4.69) is 15.9 Å². The van der Waals surface area contributed by atoms with Gasteiger partial charge in [0.15, 0.2) is 9.84 Å². The maximum atomic E-state index is 12.1. The molecule has 2 fully saturated rings. The summed E-state index contributed by atoms with van der Waals surface area (Å²) in [5.41, 5.74) is 6.91. The van der Waals surface area contributed by atoms with Crippen LogP contribution in [0.15, 0.2) is 27.6 Å². The molecule has 0 radical (unpaired) electrons. The fraction of sp³-hybridized carbons (Fsp3) is 0.500.